The van der Waals surface area contributed by atoms with E-state index in [1.165, 1.54) is 43.2 Å². The Labute approximate surface area is 123 Å². The van der Waals surface area contributed by atoms with Gasteiger partial charge in [0.1, 0.15) is 5.82 Å². The number of rotatable bonds is 7. The van der Waals surface area contributed by atoms with Crippen LogP contribution in [0.4, 0.5) is 5.82 Å². The molecule has 0 spiro atoms. The number of hydrogen-bond acceptors (Lipinski definition) is 3. The van der Waals surface area contributed by atoms with Gasteiger partial charge in [-0.05, 0) is 55.8 Å². The molecule has 0 bridgehead atoms. The summed E-state index contributed by atoms with van der Waals surface area (Å²) >= 11 is 0. The molecule has 0 unspecified atom stereocenters. The Bertz CT molecular complexity index is 411. The molecule has 1 fully saturated rings. The Balaban J connectivity index is 1.93. The monoisotopic (exact) mass is 275 g/mol. The van der Waals surface area contributed by atoms with E-state index in [-0.39, 0.29) is 0 Å². The molecule has 1 aliphatic carbocycles. The van der Waals surface area contributed by atoms with Gasteiger partial charge in [0.2, 0.25) is 0 Å². The van der Waals surface area contributed by atoms with Gasteiger partial charge in [0, 0.05) is 26.3 Å². The van der Waals surface area contributed by atoms with Crippen LogP contribution in [0.15, 0.2) is 12.3 Å². The summed E-state index contributed by atoms with van der Waals surface area (Å²) in [6.45, 7) is 7.52. The third-order valence-corrected chi connectivity index (χ3v) is 4.23. The lowest BCUT2D eigenvalue weighted by Crippen LogP contribution is -2.25. The molecule has 2 rings (SSSR count). The molecule has 1 aliphatic rings. The zero-order chi connectivity index (χ0) is 14.4. The molecular formula is C17H29N3. The summed E-state index contributed by atoms with van der Waals surface area (Å²) in [5.41, 5.74) is 2.58. The number of anilines is 1. The van der Waals surface area contributed by atoms with Crippen LogP contribution < -0.4 is 10.2 Å². The molecule has 0 saturated heterocycles. The minimum Gasteiger partial charge on any atom is -0.359 e. The van der Waals surface area contributed by atoms with Crippen LogP contribution in [0.1, 0.15) is 50.2 Å². The third kappa shape index (κ3) is 4.20. The summed E-state index contributed by atoms with van der Waals surface area (Å²) in [5, 5.41) is 3.43. The lowest BCUT2D eigenvalue weighted by atomic mass is 10.1. The molecule has 112 valence electrons. The molecule has 1 aromatic rings. The van der Waals surface area contributed by atoms with E-state index in [1.807, 2.05) is 6.20 Å². The van der Waals surface area contributed by atoms with Gasteiger partial charge in [0.05, 0.1) is 0 Å². The van der Waals surface area contributed by atoms with E-state index in [4.69, 9.17) is 0 Å². The normalized spacial score (nSPS) is 15.8. The van der Waals surface area contributed by atoms with Crippen molar-refractivity contribution in [3.8, 4) is 0 Å². The van der Waals surface area contributed by atoms with Gasteiger partial charge < -0.3 is 10.2 Å². The molecule has 0 aromatic carbocycles. The van der Waals surface area contributed by atoms with Crippen LogP contribution in [0.3, 0.4) is 0 Å². The Morgan fingerprint density at radius 3 is 2.75 bits per heavy atom. The molecule has 3 heteroatoms. The maximum absolute atomic E-state index is 4.68. The average molecular weight is 275 g/mol. The van der Waals surface area contributed by atoms with Gasteiger partial charge >= 0.3 is 0 Å². The van der Waals surface area contributed by atoms with Crippen LogP contribution in [0.25, 0.3) is 0 Å². The van der Waals surface area contributed by atoms with E-state index in [1.54, 1.807) is 0 Å². The van der Waals surface area contributed by atoms with Crippen molar-refractivity contribution in [2.75, 3.05) is 25.0 Å². The highest BCUT2D eigenvalue weighted by molar-refractivity contribution is 5.46. The topological polar surface area (TPSA) is 28.2 Å². The zero-order valence-corrected chi connectivity index (χ0v) is 13.3. The van der Waals surface area contributed by atoms with Crippen LogP contribution >= 0.6 is 0 Å². The van der Waals surface area contributed by atoms with E-state index in [0.717, 1.165) is 31.4 Å². The summed E-state index contributed by atoms with van der Waals surface area (Å²) in [4.78, 5) is 7.03. The summed E-state index contributed by atoms with van der Waals surface area (Å²) < 4.78 is 0. The van der Waals surface area contributed by atoms with Crippen molar-refractivity contribution in [1.29, 1.82) is 0 Å². The minimum atomic E-state index is 0.868. The van der Waals surface area contributed by atoms with E-state index < -0.39 is 0 Å². The number of pyridine rings is 1. The van der Waals surface area contributed by atoms with Crippen LogP contribution in [0, 0.1) is 12.8 Å². The quantitative estimate of drug-likeness (QED) is 0.772. The van der Waals surface area contributed by atoms with Crippen molar-refractivity contribution >= 4 is 5.82 Å². The number of aryl methyl sites for hydroxylation is 1. The first-order chi connectivity index (χ1) is 9.70. The molecule has 1 saturated carbocycles. The second-order valence-corrected chi connectivity index (χ2v) is 6.19. The fourth-order valence-electron chi connectivity index (χ4n) is 3.20. The predicted molar refractivity (Wildman–Crippen MR) is 86.2 cm³/mol. The average Bonchev–Trinajstić information content (AvgIpc) is 2.92. The van der Waals surface area contributed by atoms with Crippen molar-refractivity contribution in [3.63, 3.8) is 0 Å². The lowest BCUT2D eigenvalue weighted by Gasteiger charge is -2.24. The third-order valence-electron chi connectivity index (χ3n) is 4.23. The summed E-state index contributed by atoms with van der Waals surface area (Å²) in [6.07, 6.45) is 8.80. The standard InChI is InChI=1S/C17H29N3/c1-4-9-18-11-16-10-14(2)17(19-12-16)20(3)13-15-7-5-6-8-15/h10,12,15,18H,4-9,11,13H2,1-3H3. The molecule has 0 radical (unpaired) electrons. The fourth-order valence-corrected chi connectivity index (χ4v) is 3.20. The van der Waals surface area contributed by atoms with Crippen LogP contribution in [-0.2, 0) is 6.54 Å². The Hall–Kier alpha value is -1.09. The van der Waals surface area contributed by atoms with Gasteiger partial charge in [0.15, 0.2) is 0 Å². The summed E-state index contributed by atoms with van der Waals surface area (Å²) in [5.74, 6) is 2.02. The highest BCUT2D eigenvalue weighted by Gasteiger charge is 2.18. The molecular weight excluding hydrogens is 246 g/mol. The van der Waals surface area contributed by atoms with Crippen molar-refractivity contribution in [1.82, 2.24) is 10.3 Å². The van der Waals surface area contributed by atoms with E-state index in [9.17, 15) is 0 Å². The second-order valence-electron chi connectivity index (χ2n) is 6.19. The first-order valence-corrected chi connectivity index (χ1v) is 8.08. The Morgan fingerprint density at radius 2 is 2.10 bits per heavy atom. The van der Waals surface area contributed by atoms with Crippen LogP contribution in [0.2, 0.25) is 0 Å². The summed E-state index contributed by atoms with van der Waals surface area (Å²) in [7, 11) is 2.18. The van der Waals surface area contributed by atoms with Gasteiger partial charge in [0.25, 0.3) is 0 Å². The number of hydrogen-bond donors (Lipinski definition) is 1. The zero-order valence-electron chi connectivity index (χ0n) is 13.3. The van der Waals surface area contributed by atoms with Gasteiger partial charge in [-0.25, -0.2) is 4.98 Å². The first kappa shape index (κ1) is 15.3. The van der Waals surface area contributed by atoms with Gasteiger partial charge in [-0.15, -0.1) is 0 Å². The SMILES string of the molecule is CCCNCc1cnc(N(C)CC2CCCC2)c(C)c1. The predicted octanol–water partition coefficient (Wildman–Crippen LogP) is 3.52. The van der Waals surface area contributed by atoms with E-state index in [2.05, 4.69) is 42.2 Å². The Morgan fingerprint density at radius 1 is 1.35 bits per heavy atom. The van der Waals surface area contributed by atoms with Gasteiger partial charge in [-0.3, -0.25) is 0 Å². The molecule has 3 nitrogen and oxygen atoms in total. The van der Waals surface area contributed by atoms with Crippen molar-refractivity contribution in [3.05, 3.63) is 23.4 Å². The number of nitrogens with zero attached hydrogens (tertiary/aromatic N) is 2. The van der Waals surface area contributed by atoms with Crippen molar-refractivity contribution in [2.45, 2.75) is 52.5 Å². The first-order valence-electron chi connectivity index (χ1n) is 8.08. The molecule has 0 atom stereocenters. The van der Waals surface area contributed by atoms with Crippen molar-refractivity contribution in [2.24, 2.45) is 5.92 Å². The number of aromatic nitrogens is 1. The van der Waals surface area contributed by atoms with Crippen molar-refractivity contribution < 1.29 is 0 Å². The molecule has 1 heterocycles. The lowest BCUT2D eigenvalue weighted by molar-refractivity contribution is 0.544. The molecule has 1 aromatic heterocycles. The maximum atomic E-state index is 4.68. The minimum absolute atomic E-state index is 0.868. The largest absolute Gasteiger partial charge is 0.359 e. The van der Waals surface area contributed by atoms with E-state index >= 15 is 0 Å². The fraction of sp³-hybridized carbons (Fsp3) is 0.706. The van der Waals surface area contributed by atoms with Gasteiger partial charge in [-0.2, -0.15) is 0 Å². The van der Waals surface area contributed by atoms with Crippen LogP contribution in [-0.4, -0.2) is 25.1 Å². The number of nitrogens with one attached hydrogen (secondary N) is 1. The smallest absolute Gasteiger partial charge is 0.131 e. The maximum Gasteiger partial charge on any atom is 0.131 e. The molecule has 0 amide bonds. The van der Waals surface area contributed by atoms with Gasteiger partial charge in [-0.1, -0.05) is 19.8 Å². The Kier molecular flexibility index (Phi) is 5.84. The summed E-state index contributed by atoms with van der Waals surface area (Å²) in [6, 6.07) is 2.27. The highest BCUT2D eigenvalue weighted by Crippen LogP contribution is 2.27. The second kappa shape index (κ2) is 7.63. The molecule has 20 heavy (non-hydrogen) atoms. The van der Waals surface area contributed by atoms with Crippen LogP contribution in [0.5, 0.6) is 0 Å². The molecule has 1 N–H and O–H groups in total. The molecule has 0 aliphatic heterocycles. The highest BCUT2D eigenvalue weighted by atomic mass is 15.2. The van der Waals surface area contributed by atoms with E-state index in [0.29, 0.717) is 0 Å².